The number of ketones is 1. The second kappa shape index (κ2) is 11.1. The number of hydrogen-bond donors (Lipinski definition) is 0. The first kappa shape index (κ1) is 19.4. The minimum Gasteiger partial charge on any atom is -0.294 e. The molecule has 0 heterocycles. The van der Waals surface area contributed by atoms with Gasteiger partial charge in [0.1, 0.15) is 5.82 Å². The molecule has 0 aliphatic carbocycles. The molecule has 1 nitrogen and oxygen atoms in total. The van der Waals surface area contributed by atoms with Crippen LogP contribution in [0.3, 0.4) is 0 Å². The van der Waals surface area contributed by atoms with E-state index in [9.17, 15) is 9.18 Å². The molecule has 0 aromatic heterocycles. The average molecular weight is 306 g/mol. The lowest BCUT2D eigenvalue weighted by Crippen LogP contribution is -2.05. The van der Waals surface area contributed by atoms with E-state index in [1.807, 2.05) is 27.0 Å². The summed E-state index contributed by atoms with van der Waals surface area (Å²) in [4.78, 5) is 12.7. The first-order chi connectivity index (χ1) is 10.1. The number of halogens is 1. The Morgan fingerprint density at radius 1 is 1.38 bits per heavy atom. The molecule has 1 aromatic carbocycles. The van der Waals surface area contributed by atoms with E-state index in [2.05, 4.69) is 6.58 Å². The van der Waals surface area contributed by atoms with Crippen molar-refractivity contribution in [3.63, 3.8) is 0 Å². The fraction of sp³-hybridized carbons (Fsp3) is 0.278. The fourth-order valence-corrected chi connectivity index (χ4v) is 2.11. The highest BCUT2D eigenvalue weighted by molar-refractivity contribution is 7.98. The summed E-state index contributed by atoms with van der Waals surface area (Å²) < 4.78 is 13.6. The van der Waals surface area contributed by atoms with Crippen molar-refractivity contribution in [1.29, 1.82) is 0 Å². The molecule has 0 spiro atoms. The van der Waals surface area contributed by atoms with Gasteiger partial charge in [-0.1, -0.05) is 50.8 Å². The number of rotatable bonds is 6. The van der Waals surface area contributed by atoms with E-state index in [4.69, 9.17) is 0 Å². The van der Waals surface area contributed by atoms with Crippen LogP contribution in [0, 0.1) is 5.82 Å². The van der Waals surface area contributed by atoms with Crippen LogP contribution in [0.25, 0.3) is 0 Å². The van der Waals surface area contributed by atoms with Crippen molar-refractivity contribution in [2.24, 2.45) is 0 Å². The van der Waals surface area contributed by atoms with Crippen LogP contribution in [-0.2, 0) is 11.2 Å². The summed E-state index contributed by atoms with van der Waals surface area (Å²) in [5.74, 6) is -0.326. The Bertz CT molecular complexity index is 530. The predicted molar refractivity (Wildman–Crippen MR) is 91.3 cm³/mol. The highest BCUT2D eigenvalue weighted by Gasteiger charge is 2.09. The second-order valence-corrected chi connectivity index (χ2v) is 4.77. The fourth-order valence-electron chi connectivity index (χ4n) is 1.66. The molecular weight excluding hydrogens is 283 g/mol. The average Bonchev–Trinajstić information content (AvgIpc) is 2.49. The molecule has 1 rings (SSSR count). The topological polar surface area (TPSA) is 17.1 Å². The quantitative estimate of drug-likeness (QED) is 0.399. The maximum Gasteiger partial charge on any atom is 0.167 e. The molecule has 0 bridgehead atoms. The zero-order chi connectivity index (χ0) is 16.3. The standard InChI is InChI=1S/C16H17FOS.C2H6/c1-4-6-13(7-5-2)15(18)11-12-8-9-16(19-3)14(17)10-12;1-2/h4-10H,1,11H2,2-3H3;1-2H3/b7-5-,13-6+;. The monoisotopic (exact) mass is 306 g/mol. The van der Waals surface area contributed by atoms with Gasteiger partial charge in [0, 0.05) is 16.9 Å². The van der Waals surface area contributed by atoms with Gasteiger partial charge in [0.05, 0.1) is 0 Å². The van der Waals surface area contributed by atoms with Gasteiger partial charge in [-0.15, -0.1) is 11.8 Å². The van der Waals surface area contributed by atoms with E-state index in [-0.39, 0.29) is 18.0 Å². The van der Waals surface area contributed by atoms with Crippen molar-refractivity contribution in [2.75, 3.05) is 6.26 Å². The Kier molecular flexibility index (Phi) is 10.2. The van der Waals surface area contributed by atoms with E-state index in [0.717, 1.165) is 0 Å². The highest BCUT2D eigenvalue weighted by atomic mass is 32.2. The third kappa shape index (κ3) is 6.58. The largest absolute Gasteiger partial charge is 0.294 e. The Morgan fingerprint density at radius 3 is 2.52 bits per heavy atom. The second-order valence-electron chi connectivity index (χ2n) is 3.93. The van der Waals surface area contributed by atoms with Gasteiger partial charge in [0.25, 0.3) is 0 Å². The molecule has 0 radical (unpaired) electrons. The van der Waals surface area contributed by atoms with Crippen molar-refractivity contribution in [3.05, 3.63) is 66.0 Å². The molecule has 0 atom stereocenters. The lowest BCUT2D eigenvalue weighted by molar-refractivity contribution is -0.114. The predicted octanol–water partition coefficient (Wildman–Crippen LogP) is 5.37. The Labute approximate surface area is 131 Å². The summed E-state index contributed by atoms with van der Waals surface area (Å²) in [5.41, 5.74) is 1.26. The summed E-state index contributed by atoms with van der Waals surface area (Å²) >= 11 is 1.35. The summed E-state index contributed by atoms with van der Waals surface area (Å²) in [7, 11) is 0. The highest BCUT2D eigenvalue weighted by Crippen LogP contribution is 2.20. The van der Waals surface area contributed by atoms with Crippen LogP contribution < -0.4 is 0 Å². The zero-order valence-corrected chi connectivity index (χ0v) is 14.0. The zero-order valence-electron chi connectivity index (χ0n) is 13.2. The Hall–Kier alpha value is -1.61. The van der Waals surface area contributed by atoms with Gasteiger partial charge in [-0.05, 0) is 30.9 Å². The molecule has 0 saturated heterocycles. The molecule has 0 amide bonds. The van der Waals surface area contributed by atoms with Gasteiger partial charge in [-0.25, -0.2) is 4.39 Å². The summed E-state index contributed by atoms with van der Waals surface area (Å²) in [6.07, 6.45) is 8.77. The van der Waals surface area contributed by atoms with Crippen LogP contribution in [-0.4, -0.2) is 12.0 Å². The maximum absolute atomic E-state index is 13.6. The smallest absolute Gasteiger partial charge is 0.167 e. The van der Waals surface area contributed by atoms with Crippen molar-refractivity contribution in [3.8, 4) is 0 Å². The summed E-state index contributed by atoms with van der Waals surface area (Å²) in [5, 5.41) is 0. The summed E-state index contributed by atoms with van der Waals surface area (Å²) in [6.45, 7) is 9.43. The third-order valence-corrected chi connectivity index (χ3v) is 3.32. The number of thioether (sulfide) groups is 1. The molecule has 0 aliphatic rings. The van der Waals surface area contributed by atoms with Crippen molar-refractivity contribution < 1.29 is 9.18 Å². The van der Waals surface area contributed by atoms with Crippen LogP contribution in [0.2, 0.25) is 0 Å². The van der Waals surface area contributed by atoms with Crippen LogP contribution in [0.15, 0.2) is 59.6 Å². The molecule has 0 saturated carbocycles. The van der Waals surface area contributed by atoms with Crippen molar-refractivity contribution in [2.45, 2.75) is 32.1 Å². The minimum absolute atomic E-state index is 0.0469. The Morgan fingerprint density at radius 2 is 2.05 bits per heavy atom. The molecule has 3 heteroatoms. The van der Waals surface area contributed by atoms with Gasteiger partial charge in [0.2, 0.25) is 0 Å². The molecule has 0 N–H and O–H groups in total. The van der Waals surface area contributed by atoms with Gasteiger partial charge >= 0.3 is 0 Å². The van der Waals surface area contributed by atoms with E-state index < -0.39 is 0 Å². The number of allylic oxidation sites excluding steroid dienone is 5. The van der Waals surface area contributed by atoms with E-state index >= 15 is 0 Å². The van der Waals surface area contributed by atoms with Crippen molar-refractivity contribution >= 4 is 17.5 Å². The normalized spacial score (nSPS) is 11.0. The van der Waals surface area contributed by atoms with E-state index in [1.165, 1.54) is 17.8 Å². The number of Topliss-reactive ketones (excluding diaryl/α,β-unsaturated/α-hetero) is 1. The Balaban J connectivity index is 0.00000191. The molecule has 0 unspecified atom stereocenters. The number of hydrogen-bond acceptors (Lipinski definition) is 2. The third-order valence-electron chi connectivity index (χ3n) is 2.55. The molecule has 1 aromatic rings. The van der Waals surface area contributed by atoms with Gasteiger partial charge in [-0.3, -0.25) is 4.79 Å². The lowest BCUT2D eigenvalue weighted by atomic mass is 10.0. The van der Waals surface area contributed by atoms with Crippen molar-refractivity contribution in [1.82, 2.24) is 0 Å². The van der Waals surface area contributed by atoms with Crippen LogP contribution in [0.5, 0.6) is 0 Å². The summed E-state index contributed by atoms with van der Waals surface area (Å²) in [6, 6.07) is 4.91. The van der Waals surface area contributed by atoms with E-state index in [1.54, 1.807) is 36.4 Å². The van der Waals surface area contributed by atoms with Gasteiger partial charge in [0.15, 0.2) is 5.78 Å². The number of carbonyl (C=O) groups excluding carboxylic acids is 1. The molecule has 21 heavy (non-hydrogen) atoms. The van der Waals surface area contributed by atoms with Crippen LogP contribution >= 0.6 is 11.8 Å². The lowest BCUT2D eigenvalue weighted by Gasteiger charge is -2.04. The molecule has 0 fully saturated rings. The minimum atomic E-state index is -0.280. The molecular formula is C18H23FOS. The SMILES string of the molecule is C=C/C=C(\C=C/C)C(=O)Cc1ccc(SC)c(F)c1.CC. The van der Waals surface area contributed by atoms with Gasteiger partial charge < -0.3 is 0 Å². The van der Waals surface area contributed by atoms with E-state index in [0.29, 0.717) is 16.0 Å². The van der Waals surface area contributed by atoms with Crippen LogP contribution in [0.1, 0.15) is 26.3 Å². The number of carbonyl (C=O) groups is 1. The van der Waals surface area contributed by atoms with Crippen LogP contribution in [0.4, 0.5) is 4.39 Å². The number of benzene rings is 1. The molecule has 0 aliphatic heterocycles. The molecule has 114 valence electrons. The maximum atomic E-state index is 13.6. The van der Waals surface area contributed by atoms with Gasteiger partial charge in [-0.2, -0.15) is 0 Å². The first-order valence-electron chi connectivity index (χ1n) is 6.93. The first-order valence-corrected chi connectivity index (χ1v) is 8.15.